The molecule has 1 atom stereocenters. The van der Waals surface area contributed by atoms with Crippen LogP contribution < -0.4 is 0 Å². The van der Waals surface area contributed by atoms with Gasteiger partial charge in [0, 0.05) is 30.6 Å². The van der Waals surface area contributed by atoms with E-state index in [4.69, 9.17) is 10.9 Å². The van der Waals surface area contributed by atoms with E-state index in [1.54, 1.807) is 11.0 Å². The fourth-order valence-corrected chi connectivity index (χ4v) is 2.57. The van der Waals surface area contributed by atoms with Crippen molar-refractivity contribution in [3.63, 3.8) is 0 Å². The summed E-state index contributed by atoms with van der Waals surface area (Å²) >= 11 is 0. The Morgan fingerprint density at radius 3 is 2.95 bits per heavy atom. The van der Waals surface area contributed by atoms with Gasteiger partial charge in [-0.15, -0.1) is 12.3 Å². The molecule has 4 heteroatoms. The molecular formula is C17H16N2O2. The van der Waals surface area contributed by atoms with E-state index in [0.717, 1.165) is 24.9 Å². The van der Waals surface area contributed by atoms with Gasteiger partial charge in [-0.05, 0) is 12.8 Å². The maximum absolute atomic E-state index is 12.4. The number of hydrogen-bond acceptors (Lipinski definition) is 3. The molecule has 1 aliphatic rings. The van der Waals surface area contributed by atoms with Crippen molar-refractivity contribution in [2.45, 2.75) is 12.8 Å². The van der Waals surface area contributed by atoms with Crippen LogP contribution in [-0.4, -0.2) is 29.1 Å². The molecule has 3 rings (SSSR count). The molecule has 0 spiro atoms. The quantitative estimate of drug-likeness (QED) is 0.795. The van der Waals surface area contributed by atoms with E-state index in [1.807, 2.05) is 30.3 Å². The number of benzene rings is 1. The zero-order valence-corrected chi connectivity index (χ0v) is 11.7. The number of piperidine rings is 1. The highest BCUT2D eigenvalue weighted by Crippen LogP contribution is 2.22. The van der Waals surface area contributed by atoms with E-state index in [1.165, 1.54) is 0 Å². The van der Waals surface area contributed by atoms with Crippen LogP contribution in [0.2, 0.25) is 0 Å². The van der Waals surface area contributed by atoms with Crippen LogP contribution in [0.1, 0.15) is 23.4 Å². The summed E-state index contributed by atoms with van der Waals surface area (Å²) in [6, 6.07) is 11.3. The average Bonchev–Trinajstić information content (AvgIpc) is 3.05. The number of terminal acetylenes is 1. The smallest absolute Gasteiger partial charge is 0.292 e. The van der Waals surface area contributed by atoms with Gasteiger partial charge in [-0.3, -0.25) is 4.79 Å². The minimum absolute atomic E-state index is 0.135. The van der Waals surface area contributed by atoms with Gasteiger partial charge in [-0.1, -0.05) is 35.5 Å². The predicted molar refractivity (Wildman–Crippen MR) is 79.4 cm³/mol. The first-order valence-corrected chi connectivity index (χ1v) is 7.05. The molecular weight excluding hydrogens is 264 g/mol. The number of nitrogens with zero attached hydrogens (tertiary/aromatic N) is 2. The summed E-state index contributed by atoms with van der Waals surface area (Å²) in [5.41, 5.74) is 1.60. The van der Waals surface area contributed by atoms with Crippen LogP contribution in [0.15, 0.2) is 40.9 Å². The first-order chi connectivity index (χ1) is 10.3. The molecule has 2 aromatic rings. The fraction of sp³-hybridized carbons (Fsp3) is 0.294. The van der Waals surface area contributed by atoms with Gasteiger partial charge in [0.15, 0.2) is 0 Å². The van der Waals surface area contributed by atoms with E-state index < -0.39 is 0 Å². The van der Waals surface area contributed by atoms with E-state index in [9.17, 15) is 4.79 Å². The Morgan fingerprint density at radius 1 is 1.38 bits per heavy atom. The second-order valence-electron chi connectivity index (χ2n) is 5.20. The summed E-state index contributed by atoms with van der Waals surface area (Å²) in [5, 5.41) is 3.98. The summed E-state index contributed by atoms with van der Waals surface area (Å²) in [6.07, 6.45) is 7.37. The molecule has 1 aromatic carbocycles. The maximum atomic E-state index is 12.4. The van der Waals surface area contributed by atoms with Gasteiger partial charge in [0.05, 0.1) is 0 Å². The Bertz CT molecular complexity index is 670. The fourth-order valence-electron chi connectivity index (χ4n) is 2.57. The predicted octanol–water partition coefficient (Wildman–Crippen LogP) is 2.83. The zero-order valence-electron chi connectivity index (χ0n) is 11.7. The van der Waals surface area contributed by atoms with Crippen molar-refractivity contribution in [3.8, 4) is 23.6 Å². The summed E-state index contributed by atoms with van der Waals surface area (Å²) < 4.78 is 5.21. The Balaban J connectivity index is 1.77. The normalized spacial score (nSPS) is 18.2. The van der Waals surface area contributed by atoms with Gasteiger partial charge in [-0.25, -0.2) is 0 Å². The molecule has 1 unspecified atom stereocenters. The monoisotopic (exact) mass is 280 g/mol. The summed E-state index contributed by atoms with van der Waals surface area (Å²) in [5.74, 6) is 3.00. The lowest BCUT2D eigenvalue weighted by atomic mass is 9.99. The van der Waals surface area contributed by atoms with Gasteiger partial charge >= 0.3 is 0 Å². The molecule has 0 aliphatic carbocycles. The molecule has 1 saturated heterocycles. The number of carbonyl (C=O) groups excluding carboxylic acids is 1. The third kappa shape index (κ3) is 2.82. The van der Waals surface area contributed by atoms with Crippen LogP contribution in [0.25, 0.3) is 11.3 Å². The van der Waals surface area contributed by atoms with Crippen LogP contribution in [0.4, 0.5) is 0 Å². The minimum atomic E-state index is -0.135. The number of rotatable bonds is 2. The molecule has 21 heavy (non-hydrogen) atoms. The Hall–Kier alpha value is -2.54. The molecule has 106 valence electrons. The number of hydrogen-bond donors (Lipinski definition) is 0. The molecule has 0 N–H and O–H groups in total. The number of amides is 1. The van der Waals surface area contributed by atoms with E-state index in [0.29, 0.717) is 12.2 Å². The first-order valence-electron chi connectivity index (χ1n) is 7.05. The van der Waals surface area contributed by atoms with E-state index >= 15 is 0 Å². The van der Waals surface area contributed by atoms with Crippen LogP contribution in [0, 0.1) is 18.3 Å². The summed E-state index contributed by atoms with van der Waals surface area (Å²) in [6.45, 7) is 1.31. The molecule has 0 bridgehead atoms. The molecule has 0 saturated carbocycles. The zero-order chi connectivity index (χ0) is 14.7. The topological polar surface area (TPSA) is 46.3 Å². The Morgan fingerprint density at radius 2 is 2.19 bits per heavy atom. The van der Waals surface area contributed by atoms with Crippen LogP contribution in [0.3, 0.4) is 0 Å². The summed E-state index contributed by atoms with van der Waals surface area (Å²) in [4.78, 5) is 14.2. The van der Waals surface area contributed by atoms with Crippen LogP contribution in [-0.2, 0) is 0 Å². The Kier molecular flexibility index (Phi) is 3.74. The molecule has 1 fully saturated rings. The number of likely N-dealkylation sites (tertiary alicyclic amines) is 1. The third-order valence-corrected chi connectivity index (χ3v) is 3.73. The van der Waals surface area contributed by atoms with E-state index in [2.05, 4.69) is 11.1 Å². The standard InChI is InChI=1S/C17H16N2O2/c1-2-13-7-6-10-19(12-13)17(20)16-11-15(18-21-16)14-8-4-3-5-9-14/h1,3-5,8-9,11,13H,6-7,10,12H2. The largest absolute Gasteiger partial charge is 0.350 e. The molecule has 1 aromatic heterocycles. The minimum Gasteiger partial charge on any atom is -0.350 e. The SMILES string of the molecule is C#CC1CCCN(C(=O)c2cc(-c3ccccc3)no2)C1. The van der Waals surface area contributed by atoms with Gasteiger partial charge in [0.1, 0.15) is 5.69 Å². The highest BCUT2D eigenvalue weighted by Gasteiger charge is 2.26. The van der Waals surface area contributed by atoms with Gasteiger partial charge in [0.25, 0.3) is 5.91 Å². The molecule has 1 aliphatic heterocycles. The molecule has 0 radical (unpaired) electrons. The van der Waals surface area contributed by atoms with Gasteiger partial charge in [-0.2, -0.15) is 0 Å². The first kappa shape index (κ1) is 13.4. The van der Waals surface area contributed by atoms with Gasteiger partial charge in [0.2, 0.25) is 5.76 Å². The van der Waals surface area contributed by atoms with Crippen molar-refractivity contribution < 1.29 is 9.32 Å². The maximum Gasteiger partial charge on any atom is 0.292 e. The molecule has 4 nitrogen and oxygen atoms in total. The average molecular weight is 280 g/mol. The van der Waals surface area contributed by atoms with Crippen molar-refractivity contribution in [2.24, 2.45) is 5.92 Å². The number of aromatic nitrogens is 1. The van der Waals surface area contributed by atoms with Crippen molar-refractivity contribution in [3.05, 3.63) is 42.2 Å². The van der Waals surface area contributed by atoms with Crippen molar-refractivity contribution in [1.29, 1.82) is 0 Å². The highest BCUT2D eigenvalue weighted by molar-refractivity contribution is 5.92. The lowest BCUT2D eigenvalue weighted by Gasteiger charge is -2.29. The summed E-state index contributed by atoms with van der Waals surface area (Å²) in [7, 11) is 0. The van der Waals surface area contributed by atoms with Crippen molar-refractivity contribution in [1.82, 2.24) is 10.1 Å². The Labute approximate surface area is 123 Å². The van der Waals surface area contributed by atoms with Crippen molar-refractivity contribution in [2.75, 3.05) is 13.1 Å². The van der Waals surface area contributed by atoms with Crippen LogP contribution >= 0.6 is 0 Å². The third-order valence-electron chi connectivity index (χ3n) is 3.73. The molecule has 1 amide bonds. The van der Waals surface area contributed by atoms with E-state index in [-0.39, 0.29) is 17.6 Å². The number of carbonyl (C=O) groups is 1. The second-order valence-corrected chi connectivity index (χ2v) is 5.20. The van der Waals surface area contributed by atoms with Crippen molar-refractivity contribution >= 4 is 5.91 Å². The lowest BCUT2D eigenvalue weighted by molar-refractivity contribution is 0.0657. The van der Waals surface area contributed by atoms with Gasteiger partial charge < -0.3 is 9.42 Å². The second kappa shape index (κ2) is 5.84. The molecule has 2 heterocycles. The highest BCUT2D eigenvalue weighted by atomic mass is 16.5. The van der Waals surface area contributed by atoms with Crippen LogP contribution in [0.5, 0.6) is 0 Å². The lowest BCUT2D eigenvalue weighted by Crippen LogP contribution is -2.39.